The molecule has 1 aliphatic rings. The zero-order valence-corrected chi connectivity index (χ0v) is 23.6. The summed E-state index contributed by atoms with van der Waals surface area (Å²) in [5.74, 6) is -0.651. The molecule has 0 aliphatic carbocycles. The average Bonchev–Trinajstić information content (AvgIpc) is 3.37. The Balaban J connectivity index is 1.53. The molecule has 4 rings (SSSR count). The molecular formula is C29H31N5O6S. The Morgan fingerprint density at radius 3 is 2.46 bits per heavy atom. The molecule has 0 fully saturated rings. The zero-order valence-electron chi connectivity index (χ0n) is 22.8. The van der Waals surface area contributed by atoms with E-state index in [0.29, 0.717) is 48.6 Å². The number of non-ortho nitro benzene ring substituents is 1. The number of hydrogen-bond donors (Lipinski definition) is 2. The van der Waals surface area contributed by atoms with Crippen molar-refractivity contribution in [1.82, 2.24) is 10.2 Å². The molecule has 3 aromatic rings. The summed E-state index contributed by atoms with van der Waals surface area (Å²) in [6.07, 6.45) is 0.971. The third-order valence-corrected chi connectivity index (χ3v) is 7.96. The number of nitrogens with one attached hydrogen (secondary N) is 1. The van der Waals surface area contributed by atoms with E-state index in [1.54, 1.807) is 66.6 Å². The summed E-state index contributed by atoms with van der Waals surface area (Å²) >= 11 is 1.55. The smallest absolute Gasteiger partial charge is 0.311 e. The van der Waals surface area contributed by atoms with Crippen molar-refractivity contribution in [3.8, 4) is 0 Å². The number of ether oxygens (including phenoxy) is 1. The number of nitrogens with two attached hydrogens (primary N) is 1. The van der Waals surface area contributed by atoms with Gasteiger partial charge in [-0.25, -0.2) is 0 Å². The van der Waals surface area contributed by atoms with Gasteiger partial charge in [0.2, 0.25) is 5.91 Å². The molecule has 0 saturated carbocycles. The van der Waals surface area contributed by atoms with Gasteiger partial charge in [0.05, 0.1) is 18.0 Å². The second-order valence-electron chi connectivity index (χ2n) is 9.49. The maximum atomic E-state index is 13.8. The lowest BCUT2D eigenvalue weighted by Gasteiger charge is -2.31. The first kappa shape index (κ1) is 29.4. The Kier molecular flexibility index (Phi) is 9.45. The van der Waals surface area contributed by atoms with E-state index < -0.39 is 16.9 Å². The standard InChI is InChI=1S/C29H31N5O6S/c1-3-40-26(35)16-23-15-21-17-33(13-12-25(21)41-23)29(37)24(14-18-4-10-22(11-5-18)34(38)39)32-28(36)20-8-6-19(7-9-20)27(30)31-2/h4-11,15,24H,3,12-14,16-17H2,1-2H3,(H2,30,31)(H,32,36)/t24-/m0/s1. The lowest BCUT2D eigenvalue weighted by atomic mass is 10.0. The fourth-order valence-electron chi connectivity index (χ4n) is 4.60. The summed E-state index contributed by atoms with van der Waals surface area (Å²) in [4.78, 5) is 57.2. The van der Waals surface area contributed by atoms with Gasteiger partial charge in [-0.2, -0.15) is 0 Å². The van der Waals surface area contributed by atoms with Gasteiger partial charge in [-0.1, -0.05) is 24.3 Å². The van der Waals surface area contributed by atoms with Gasteiger partial charge < -0.3 is 20.7 Å². The Labute approximate surface area is 241 Å². The third-order valence-electron chi connectivity index (χ3n) is 6.73. The summed E-state index contributed by atoms with van der Waals surface area (Å²) in [5.41, 5.74) is 8.45. The summed E-state index contributed by atoms with van der Waals surface area (Å²) in [5, 5.41) is 13.9. The van der Waals surface area contributed by atoms with Crippen LogP contribution in [0.2, 0.25) is 0 Å². The van der Waals surface area contributed by atoms with E-state index in [4.69, 9.17) is 10.5 Å². The molecule has 3 N–H and O–H groups in total. The van der Waals surface area contributed by atoms with Crippen LogP contribution in [0.25, 0.3) is 0 Å². The predicted molar refractivity (Wildman–Crippen MR) is 155 cm³/mol. The number of thiophene rings is 1. The lowest BCUT2D eigenvalue weighted by molar-refractivity contribution is -0.384. The van der Waals surface area contributed by atoms with Gasteiger partial charge in [-0.3, -0.25) is 29.5 Å². The minimum Gasteiger partial charge on any atom is -0.466 e. The number of benzene rings is 2. The minimum atomic E-state index is -0.912. The number of esters is 1. The number of nitrogens with zero attached hydrogens (tertiary/aromatic N) is 3. The van der Waals surface area contributed by atoms with Crippen molar-refractivity contribution in [2.45, 2.75) is 38.8 Å². The Morgan fingerprint density at radius 2 is 1.83 bits per heavy atom. The van der Waals surface area contributed by atoms with Crippen molar-refractivity contribution >= 4 is 40.6 Å². The number of nitro groups is 1. The molecule has 0 radical (unpaired) electrons. The van der Waals surface area contributed by atoms with Crippen molar-refractivity contribution in [1.29, 1.82) is 0 Å². The fourth-order valence-corrected chi connectivity index (χ4v) is 5.75. The summed E-state index contributed by atoms with van der Waals surface area (Å²) in [7, 11) is 1.57. The first-order chi connectivity index (χ1) is 19.7. The minimum absolute atomic E-state index is 0.0599. The molecule has 2 heterocycles. The Morgan fingerprint density at radius 1 is 1.15 bits per heavy atom. The van der Waals surface area contributed by atoms with Gasteiger partial charge >= 0.3 is 5.97 Å². The molecule has 1 aliphatic heterocycles. The van der Waals surface area contributed by atoms with Crippen molar-refractivity contribution < 1.29 is 24.0 Å². The van der Waals surface area contributed by atoms with Crippen molar-refractivity contribution in [3.05, 3.63) is 96.7 Å². The van der Waals surface area contributed by atoms with Crippen LogP contribution in [0, 0.1) is 10.1 Å². The number of aliphatic imine (C=N–C) groups is 1. The van der Waals surface area contributed by atoms with Crippen LogP contribution in [0.5, 0.6) is 0 Å². The van der Waals surface area contributed by atoms with E-state index in [1.165, 1.54) is 12.1 Å². The zero-order chi connectivity index (χ0) is 29.5. The molecule has 12 heteroatoms. The second-order valence-corrected chi connectivity index (χ2v) is 10.7. The van der Waals surface area contributed by atoms with Crippen LogP contribution in [-0.2, 0) is 40.1 Å². The Bertz CT molecular complexity index is 1470. The van der Waals surface area contributed by atoms with E-state index in [9.17, 15) is 24.5 Å². The molecule has 1 aromatic heterocycles. The van der Waals surface area contributed by atoms with Crippen LogP contribution in [0.1, 0.15) is 43.7 Å². The normalized spacial score (nSPS) is 13.7. The van der Waals surface area contributed by atoms with Crippen LogP contribution in [0.3, 0.4) is 0 Å². The molecule has 0 saturated heterocycles. The van der Waals surface area contributed by atoms with Gasteiger partial charge in [0.1, 0.15) is 11.9 Å². The largest absolute Gasteiger partial charge is 0.466 e. The first-order valence-electron chi connectivity index (χ1n) is 13.1. The van der Waals surface area contributed by atoms with Gasteiger partial charge in [-0.15, -0.1) is 11.3 Å². The maximum absolute atomic E-state index is 13.8. The summed E-state index contributed by atoms with van der Waals surface area (Å²) in [6, 6.07) is 13.5. The second kappa shape index (κ2) is 13.2. The van der Waals surface area contributed by atoms with Crippen molar-refractivity contribution in [2.24, 2.45) is 10.7 Å². The van der Waals surface area contributed by atoms with Gasteiger partial charge in [0.25, 0.3) is 11.6 Å². The molecule has 0 unspecified atom stereocenters. The van der Waals surface area contributed by atoms with Crippen molar-refractivity contribution in [3.63, 3.8) is 0 Å². The Hall–Kier alpha value is -4.58. The summed E-state index contributed by atoms with van der Waals surface area (Å²) < 4.78 is 5.06. The van der Waals surface area contributed by atoms with Gasteiger partial charge in [0.15, 0.2) is 0 Å². The number of amidine groups is 1. The maximum Gasteiger partial charge on any atom is 0.311 e. The highest BCUT2D eigenvalue weighted by Gasteiger charge is 2.30. The molecule has 0 bridgehead atoms. The SMILES string of the molecule is CCOC(=O)Cc1cc2c(s1)CCN(C(=O)[C@H](Cc1ccc([N+](=O)[O-])cc1)NC(=O)c1ccc(C(N)=NC)cc1)C2. The predicted octanol–water partition coefficient (Wildman–Crippen LogP) is 3.02. The van der Waals surface area contributed by atoms with E-state index >= 15 is 0 Å². The molecule has 2 aromatic carbocycles. The molecule has 41 heavy (non-hydrogen) atoms. The molecule has 2 amide bonds. The highest BCUT2D eigenvalue weighted by atomic mass is 32.1. The number of carbonyl (C=O) groups is 3. The molecule has 0 spiro atoms. The van der Waals surface area contributed by atoms with E-state index in [0.717, 1.165) is 15.3 Å². The molecule has 214 valence electrons. The average molecular weight is 578 g/mol. The van der Waals surface area contributed by atoms with Crippen LogP contribution in [-0.4, -0.2) is 59.7 Å². The quantitative estimate of drug-likeness (QED) is 0.123. The molecule has 11 nitrogen and oxygen atoms in total. The monoisotopic (exact) mass is 577 g/mol. The van der Waals surface area contributed by atoms with Crippen LogP contribution >= 0.6 is 11.3 Å². The number of rotatable bonds is 10. The highest BCUT2D eigenvalue weighted by molar-refractivity contribution is 7.12. The molecule has 1 atom stereocenters. The van der Waals surface area contributed by atoms with E-state index in [-0.39, 0.29) is 30.4 Å². The van der Waals surface area contributed by atoms with E-state index in [2.05, 4.69) is 10.3 Å². The number of carbonyl (C=O) groups excluding carboxylic acids is 3. The van der Waals surface area contributed by atoms with Crippen LogP contribution in [0.15, 0.2) is 59.6 Å². The van der Waals surface area contributed by atoms with E-state index in [1.807, 2.05) is 6.07 Å². The van der Waals surface area contributed by atoms with Crippen LogP contribution in [0.4, 0.5) is 5.69 Å². The van der Waals surface area contributed by atoms with Crippen LogP contribution < -0.4 is 11.1 Å². The van der Waals surface area contributed by atoms with Gasteiger partial charge in [0, 0.05) is 59.6 Å². The lowest BCUT2D eigenvalue weighted by Crippen LogP contribution is -2.50. The number of fused-ring (bicyclic) bond motifs is 1. The number of nitro benzene ring substituents is 1. The fraction of sp³-hybridized carbons (Fsp3) is 0.310. The number of amides is 2. The highest BCUT2D eigenvalue weighted by Crippen LogP contribution is 2.29. The third kappa shape index (κ3) is 7.34. The number of hydrogen-bond acceptors (Lipinski definition) is 8. The molecular weight excluding hydrogens is 546 g/mol. The topological polar surface area (TPSA) is 157 Å². The first-order valence-corrected chi connectivity index (χ1v) is 13.9. The summed E-state index contributed by atoms with van der Waals surface area (Å²) in [6.45, 7) is 2.89. The van der Waals surface area contributed by atoms with Crippen molar-refractivity contribution in [2.75, 3.05) is 20.2 Å². The van der Waals surface area contributed by atoms with Gasteiger partial charge in [-0.05, 0) is 42.7 Å².